The molecule has 0 aliphatic rings. The number of methoxy groups -OCH3 is 1. The molecular weight excluding hydrogens is 424 g/mol. The van der Waals surface area contributed by atoms with Crippen molar-refractivity contribution < 1.29 is 17.9 Å². The number of hydrogen-bond donors (Lipinski definition) is 2. The van der Waals surface area contributed by atoms with Crippen LogP contribution in [0.2, 0.25) is 5.02 Å². The van der Waals surface area contributed by atoms with E-state index in [1.165, 1.54) is 37.4 Å². The Kier molecular flexibility index (Phi) is 6.64. The molecule has 0 unspecified atom stereocenters. The van der Waals surface area contributed by atoms with Gasteiger partial charge in [-0.3, -0.25) is 9.52 Å². The number of anilines is 1. The van der Waals surface area contributed by atoms with Crippen LogP contribution < -0.4 is 14.8 Å². The summed E-state index contributed by atoms with van der Waals surface area (Å²) in [6.07, 6.45) is 0. The molecule has 1 amide bonds. The first-order chi connectivity index (χ1) is 14.3. The first-order valence-corrected chi connectivity index (χ1v) is 11.0. The third kappa shape index (κ3) is 5.11. The Morgan fingerprint density at radius 1 is 1.00 bits per heavy atom. The van der Waals surface area contributed by atoms with E-state index in [1.54, 1.807) is 12.1 Å². The highest BCUT2D eigenvalue weighted by atomic mass is 35.5. The zero-order valence-corrected chi connectivity index (χ0v) is 18.0. The second kappa shape index (κ2) is 9.19. The van der Waals surface area contributed by atoms with Crippen molar-refractivity contribution >= 4 is 33.2 Å². The van der Waals surface area contributed by atoms with Gasteiger partial charge in [-0.25, -0.2) is 8.42 Å². The van der Waals surface area contributed by atoms with Crippen LogP contribution in [0.3, 0.4) is 0 Å². The number of hydrogen-bond acceptors (Lipinski definition) is 4. The molecule has 0 heterocycles. The minimum absolute atomic E-state index is 0.0713. The van der Waals surface area contributed by atoms with Gasteiger partial charge in [-0.05, 0) is 55.0 Å². The molecule has 0 aliphatic carbocycles. The molecule has 3 rings (SSSR count). The summed E-state index contributed by atoms with van der Waals surface area (Å²) in [5.41, 5.74) is 1.35. The lowest BCUT2D eigenvalue weighted by molar-refractivity contribution is 0.0940. The molecule has 30 heavy (non-hydrogen) atoms. The highest BCUT2D eigenvalue weighted by Gasteiger charge is 2.18. The van der Waals surface area contributed by atoms with Crippen molar-refractivity contribution in [3.63, 3.8) is 0 Å². The van der Waals surface area contributed by atoms with Crippen LogP contribution in [0.1, 0.15) is 28.9 Å². The third-order valence-corrected chi connectivity index (χ3v) is 6.21. The number of ether oxygens (including phenoxy) is 1. The summed E-state index contributed by atoms with van der Waals surface area (Å²) in [4.78, 5) is 12.8. The summed E-state index contributed by atoms with van der Waals surface area (Å²) in [5, 5.41) is 3.10. The number of benzene rings is 3. The quantitative estimate of drug-likeness (QED) is 0.556. The molecular formula is C22H21ClN2O4S. The normalized spacial score (nSPS) is 12.1. The van der Waals surface area contributed by atoms with E-state index in [2.05, 4.69) is 10.0 Å². The number of nitrogens with one attached hydrogen (secondary N) is 2. The Morgan fingerprint density at radius 2 is 1.67 bits per heavy atom. The summed E-state index contributed by atoms with van der Waals surface area (Å²) in [7, 11) is -2.34. The fraction of sp³-hybridized carbons (Fsp3) is 0.136. The van der Waals surface area contributed by atoms with Crippen LogP contribution in [0.5, 0.6) is 5.75 Å². The van der Waals surface area contributed by atoms with Crippen molar-refractivity contribution in [2.24, 2.45) is 0 Å². The summed E-state index contributed by atoms with van der Waals surface area (Å²) in [6.45, 7) is 1.86. The van der Waals surface area contributed by atoms with Crippen LogP contribution in [0.4, 0.5) is 5.69 Å². The van der Waals surface area contributed by atoms with Crippen LogP contribution in [0, 0.1) is 0 Å². The minimum atomic E-state index is -3.84. The number of amides is 1. The number of sulfonamides is 1. The summed E-state index contributed by atoms with van der Waals surface area (Å²) in [6, 6.07) is 19.6. The number of carbonyl (C=O) groups is 1. The minimum Gasteiger partial charge on any atom is -0.497 e. The fourth-order valence-electron chi connectivity index (χ4n) is 2.83. The molecule has 2 N–H and O–H groups in total. The molecule has 1 atom stereocenters. The van der Waals surface area contributed by atoms with Gasteiger partial charge >= 0.3 is 0 Å². The van der Waals surface area contributed by atoms with Crippen LogP contribution in [-0.4, -0.2) is 21.4 Å². The van der Waals surface area contributed by atoms with E-state index < -0.39 is 15.9 Å². The van der Waals surface area contributed by atoms with Gasteiger partial charge in [0, 0.05) is 5.69 Å². The van der Waals surface area contributed by atoms with Crippen molar-refractivity contribution in [2.45, 2.75) is 17.9 Å². The van der Waals surface area contributed by atoms with E-state index in [1.807, 2.05) is 37.3 Å². The first kappa shape index (κ1) is 21.7. The van der Waals surface area contributed by atoms with Crippen molar-refractivity contribution in [2.75, 3.05) is 11.8 Å². The molecule has 0 fully saturated rings. The molecule has 8 heteroatoms. The molecule has 0 bridgehead atoms. The molecule has 0 aliphatic heterocycles. The molecule has 0 saturated heterocycles. The molecule has 3 aromatic carbocycles. The highest BCUT2D eigenvalue weighted by molar-refractivity contribution is 7.92. The molecule has 3 aromatic rings. The monoisotopic (exact) mass is 444 g/mol. The Balaban J connectivity index is 1.79. The lowest BCUT2D eigenvalue weighted by atomic mass is 10.1. The average molecular weight is 445 g/mol. The summed E-state index contributed by atoms with van der Waals surface area (Å²) < 4.78 is 32.8. The summed E-state index contributed by atoms with van der Waals surface area (Å²) >= 11 is 6.19. The van der Waals surface area contributed by atoms with Crippen molar-refractivity contribution in [3.05, 3.63) is 88.9 Å². The second-order valence-electron chi connectivity index (χ2n) is 6.58. The van der Waals surface area contributed by atoms with E-state index in [0.29, 0.717) is 5.75 Å². The van der Waals surface area contributed by atoms with Gasteiger partial charge in [0.2, 0.25) is 0 Å². The largest absolute Gasteiger partial charge is 0.497 e. The van der Waals surface area contributed by atoms with Crippen LogP contribution in [0.25, 0.3) is 0 Å². The van der Waals surface area contributed by atoms with E-state index >= 15 is 0 Å². The smallest absolute Gasteiger partial charge is 0.261 e. The zero-order chi connectivity index (χ0) is 21.7. The molecule has 0 radical (unpaired) electrons. The van der Waals surface area contributed by atoms with Gasteiger partial charge in [0.05, 0.1) is 28.6 Å². The average Bonchev–Trinajstić information content (AvgIpc) is 2.75. The van der Waals surface area contributed by atoms with Gasteiger partial charge in [0.1, 0.15) is 5.75 Å². The van der Waals surface area contributed by atoms with Gasteiger partial charge in [-0.2, -0.15) is 0 Å². The van der Waals surface area contributed by atoms with E-state index in [9.17, 15) is 13.2 Å². The van der Waals surface area contributed by atoms with Gasteiger partial charge in [0.25, 0.3) is 15.9 Å². The number of rotatable bonds is 7. The number of halogens is 1. The van der Waals surface area contributed by atoms with Crippen molar-refractivity contribution in [1.82, 2.24) is 5.32 Å². The second-order valence-corrected chi connectivity index (χ2v) is 8.67. The Labute approximate surface area is 180 Å². The van der Waals surface area contributed by atoms with Crippen LogP contribution in [-0.2, 0) is 10.0 Å². The molecule has 0 saturated carbocycles. The maximum absolute atomic E-state index is 12.7. The summed E-state index contributed by atoms with van der Waals surface area (Å²) in [5.74, 6) is 0.147. The van der Waals surface area contributed by atoms with E-state index in [4.69, 9.17) is 16.3 Å². The number of carbonyl (C=O) groups excluding carboxylic acids is 1. The van der Waals surface area contributed by atoms with Gasteiger partial charge in [-0.1, -0.05) is 41.9 Å². The van der Waals surface area contributed by atoms with E-state index in [0.717, 1.165) is 5.56 Å². The predicted octanol–water partition coefficient (Wildman–Crippen LogP) is 4.64. The first-order valence-electron chi connectivity index (χ1n) is 9.12. The fourth-order valence-corrected chi connectivity index (χ4v) is 4.08. The lowest BCUT2D eigenvalue weighted by Gasteiger charge is -2.16. The highest BCUT2D eigenvalue weighted by Crippen LogP contribution is 2.24. The lowest BCUT2D eigenvalue weighted by Crippen LogP contribution is -2.27. The van der Waals surface area contributed by atoms with Crippen LogP contribution in [0.15, 0.2) is 77.7 Å². The van der Waals surface area contributed by atoms with E-state index in [-0.39, 0.29) is 27.2 Å². The Morgan fingerprint density at radius 3 is 2.30 bits per heavy atom. The van der Waals surface area contributed by atoms with Crippen LogP contribution >= 0.6 is 11.6 Å². The van der Waals surface area contributed by atoms with Crippen molar-refractivity contribution in [1.29, 1.82) is 0 Å². The maximum Gasteiger partial charge on any atom is 0.261 e. The molecule has 0 spiro atoms. The SMILES string of the molecule is COc1ccc(S(=O)(=O)Nc2ccc(Cl)c(C(=O)N[C@H](C)c3ccccc3)c2)cc1. The van der Waals surface area contributed by atoms with Gasteiger partial charge in [0.15, 0.2) is 0 Å². The van der Waals surface area contributed by atoms with Gasteiger partial charge < -0.3 is 10.1 Å². The van der Waals surface area contributed by atoms with Crippen molar-refractivity contribution in [3.8, 4) is 5.75 Å². The third-order valence-electron chi connectivity index (χ3n) is 4.48. The zero-order valence-electron chi connectivity index (χ0n) is 16.4. The maximum atomic E-state index is 12.7. The molecule has 156 valence electrons. The van der Waals surface area contributed by atoms with Gasteiger partial charge in [-0.15, -0.1) is 0 Å². The Bertz CT molecular complexity index is 1130. The molecule has 6 nitrogen and oxygen atoms in total. The molecule has 0 aromatic heterocycles. The topological polar surface area (TPSA) is 84.5 Å². The standard InChI is InChI=1S/C22H21ClN2O4S/c1-15(16-6-4-3-5-7-16)24-22(26)20-14-17(8-13-21(20)23)25-30(27,28)19-11-9-18(29-2)10-12-19/h3-15,25H,1-2H3,(H,24,26)/t15-/m1/s1. The predicted molar refractivity (Wildman–Crippen MR) is 118 cm³/mol. The Hall–Kier alpha value is -3.03.